The van der Waals surface area contributed by atoms with Gasteiger partial charge in [0.15, 0.2) is 0 Å². The highest BCUT2D eigenvalue weighted by molar-refractivity contribution is 5.94. The molecule has 3 aromatic rings. The molecule has 0 N–H and O–H groups in total. The highest BCUT2D eigenvalue weighted by atomic mass is 16.5. The standard InChI is InChI=1S/C26H27N3O3/c1-31-24-8-3-7-22(16-24)26(30)29(19-25-9-4-14-32-25)23-10-12-28(13-11-23)18-21-6-2-5-20(15-21)17-27/h2-9,14-16,23H,10-13,18-19H2,1H3. The van der Waals surface area contributed by atoms with Crippen LogP contribution >= 0.6 is 0 Å². The van der Waals surface area contributed by atoms with Crippen LogP contribution in [0, 0.1) is 11.3 Å². The summed E-state index contributed by atoms with van der Waals surface area (Å²) in [5.74, 6) is 1.43. The number of rotatable bonds is 7. The van der Waals surface area contributed by atoms with Gasteiger partial charge in [0.2, 0.25) is 0 Å². The number of piperidine rings is 1. The van der Waals surface area contributed by atoms with Gasteiger partial charge in [-0.3, -0.25) is 9.69 Å². The lowest BCUT2D eigenvalue weighted by Gasteiger charge is -2.38. The largest absolute Gasteiger partial charge is 0.497 e. The van der Waals surface area contributed by atoms with Gasteiger partial charge >= 0.3 is 0 Å². The van der Waals surface area contributed by atoms with E-state index in [-0.39, 0.29) is 11.9 Å². The summed E-state index contributed by atoms with van der Waals surface area (Å²) in [6, 6.07) is 21.1. The summed E-state index contributed by atoms with van der Waals surface area (Å²) in [4.78, 5) is 17.8. The molecule has 0 aliphatic carbocycles. The molecule has 1 aromatic heterocycles. The fraction of sp³-hybridized carbons (Fsp3) is 0.308. The van der Waals surface area contributed by atoms with Gasteiger partial charge in [-0.1, -0.05) is 18.2 Å². The van der Waals surface area contributed by atoms with Crippen LogP contribution in [-0.4, -0.2) is 41.9 Å². The third-order valence-corrected chi connectivity index (χ3v) is 5.94. The Balaban J connectivity index is 1.46. The molecule has 6 nitrogen and oxygen atoms in total. The smallest absolute Gasteiger partial charge is 0.254 e. The summed E-state index contributed by atoms with van der Waals surface area (Å²) in [5.41, 5.74) is 2.44. The maximum Gasteiger partial charge on any atom is 0.254 e. The topological polar surface area (TPSA) is 69.7 Å². The molecule has 164 valence electrons. The SMILES string of the molecule is COc1cccc(C(=O)N(Cc2ccco2)C2CCN(Cc3cccc(C#N)c3)CC2)c1. The summed E-state index contributed by atoms with van der Waals surface area (Å²) < 4.78 is 10.9. The van der Waals surface area contributed by atoms with Crippen LogP contribution < -0.4 is 4.74 Å². The monoisotopic (exact) mass is 429 g/mol. The lowest BCUT2D eigenvalue weighted by atomic mass is 10.0. The summed E-state index contributed by atoms with van der Waals surface area (Å²) in [5, 5.41) is 9.13. The number of hydrogen-bond acceptors (Lipinski definition) is 5. The minimum absolute atomic E-state index is 0.0135. The van der Waals surface area contributed by atoms with E-state index in [4.69, 9.17) is 14.4 Å². The molecule has 2 heterocycles. The third kappa shape index (κ3) is 5.19. The molecule has 2 aromatic carbocycles. The van der Waals surface area contributed by atoms with E-state index >= 15 is 0 Å². The molecule has 0 bridgehead atoms. The Morgan fingerprint density at radius 3 is 2.69 bits per heavy atom. The van der Waals surface area contributed by atoms with E-state index in [2.05, 4.69) is 17.0 Å². The highest BCUT2D eigenvalue weighted by Gasteiger charge is 2.29. The second-order valence-electron chi connectivity index (χ2n) is 8.06. The predicted octanol–water partition coefficient (Wildman–Crippen LogP) is 4.47. The van der Waals surface area contributed by atoms with Gasteiger partial charge in [-0.15, -0.1) is 0 Å². The molecule has 6 heteroatoms. The molecule has 1 aliphatic rings. The second-order valence-corrected chi connectivity index (χ2v) is 8.06. The average molecular weight is 430 g/mol. The summed E-state index contributed by atoms with van der Waals surface area (Å²) in [6.45, 7) is 3.03. The number of ether oxygens (including phenoxy) is 1. The average Bonchev–Trinajstić information content (AvgIpc) is 3.36. The molecular weight excluding hydrogens is 402 g/mol. The molecule has 0 atom stereocenters. The normalized spacial score (nSPS) is 14.6. The lowest BCUT2D eigenvalue weighted by Crippen LogP contribution is -2.46. The van der Waals surface area contributed by atoms with Crippen molar-refractivity contribution in [3.63, 3.8) is 0 Å². The number of carbonyl (C=O) groups excluding carboxylic acids is 1. The van der Waals surface area contributed by atoms with Crippen LogP contribution in [0.1, 0.15) is 40.1 Å². The van der Waals surface area contributed by atoms with E-state index in [0.29, 0.717) is 23.4 Å². The minimum Gasteiger partial charge on any atom is -0.497 e. The Kier molecular flexibility index (Phi) is 6.88. The van der Waals surface area contributed by atoms with Crippen LogP contribution in [-0.2, 0) is 13.1 Å². The summed E-state index contributed by atoms with van der Waals surface area (Å²) in [7, 11) is 1.60. The van der Waals surface area contributed by atoms with Crippen molar-refractivity contribution in [3.05, 3.63) is 89.4 Å². The van der Waals surface area contributed by atoms with Crippen molar-refractivity contribution >= 4 is 5.91 Å². The van der Waals surface area contributed by atoms with Crippen molar-refractivity contribution in [1.29, 1.82) is 5.26 Å². The maximum atomic E-state index is 13.5. The van der Waals surface area contributed by atoms with Gasteiger partial charge in [-0.2, -0.15) is 5.26 Å². The zero-order chi connectivity index (χ0) is 22.3. The number of carbonyl (C=O) groups is 1. The van der Waals surface area contributed by atoms with Gasteiger partial charge in [0, 0.05) is 31.2 Å². The summed E-state index contributed by atoms with van der Waals surface area (Å²) in [6.07, 6.45) is 3.41. The zero-order valence-corrected chi connectivity index (χ0v) is 18.2. The van der Waals surface area contributed by atoms with E-state index in [1.807, 2.05) is 53.4 Å². The van der Waals surface area contributed by atoms with Crippen LogP contribution in [0.3, 0.4) is 0 Å². The first kappa shape index (κ1) is 21.7. The number of methoxy groups -OCH3 is 1. The Bertz CT molecular complexity index is 1080. The molecule has 0 unspecified atom stereocenters. The lowest BCUT2D eigenvalue weighted by molar-refractivity contribution is 0.0523. The molecule has 32 heavy (non-hydrogen) atoms. The Hall–Kier alpha value is -3.56. The van der Waals surface area contributed by atoms with Crippen LogP contribution in [0.2, 0.25) is 0 Å². The predicted molar refractivity (Wildman–Crippen MR) is 121 cm³/mol. The van der Waals surface area contributed by atoms with Crippen LogP contribution in [0.5, 0.6) is 5.75 Å². The molecule has 1 fully saturated rings. The zero-order valence-electron chi connectivity index (χ0n) is 18.2. The van der Waals surface area contributed by atoms with Crippen LogP contribution in [0.4, 0.5) is 0 Å². The van der Waals surface area contributed by atoms with E-state index in [1.54, 1.807) is 19.4 Å². The van der Waals surface area contributed by atoms with Gasteiger partial charge in [0.05, 0.1) is 31.6 Å². The van der Waals surface area contributed by atoms with Crippen molar-refractivity contribution in [3.8, 4) is 11.8 Å². The molecule has 1 saturated heterocycles. The van der Waals surface area contributed by atoms with Crippen LogP contribution in [0.25, 0.3) is 0 Å². The van der Waals surface area contributed by atoms with Crippen LogP contribution in [0.15, 0.2) is 71.3 Å². The number of nitrogens with zero attached hydrogens (tertiary/aromatic N) is 3. The molecule has 0 saturated carbocycles. The molecular formula is C26H27N3O3. The van der Waals surface area contributed by atoms with E-state index < -0.39 is 0 Å². The highest BCUT2D eigenvalue weighted by Crippen LogP contribution is 2.24. The molecule has 4 rings (SSSR count). The first-order valence-corrected chi connectivity index (χ1v) is 10.8. The van der Waals surface area contributed by atoms with Gasteiger partial charge in [-0.05, 0) is 60.9 Å². The van der Waals surface area contributed by atoms with Gasteiger partial charge in [-0.25, -0.2) is 0 Å². The number of nitriles is 1. The van der Waals surface area contributed by atoms with Crippen molar-refractivity contribution in [2.24, 2.45) is 0 Å². The fourth-order valence-electron chi connectivity index (χ4n) is 4.25. The van der Waals surface area contributed by atoms with Crippen molar-refractivity contribution in [2.75, 3.05) is 20.2 Å². The number of furan rings is 1. The van der Waals surface area contributed by atoms with E-state index in [1.165, 1.54) is 0 Å². The molecule has 0 radical (unpaired) electrons. The summed E-state index contributed by atoms with van der Waals surface area (Å²) >= 11 is 0. The van der Waals surface area contributed by atoms with Crippen molar-refractivity contribution in [1.82, 2.24) is 9.80 Å². The van der Waals surface area contributed by atoms with Crippen molar-refractivity contribution in [2.45, 2.75) is 32.0 Å². The quantitative estimate of drug-likeness (QED) is 0.554. The van der Waals surface area contributed by atoms with E-state index in [0.717, 1.165) is 43.8 Å². The first-order chi connectivity index (χ1) is 15.7. The van der Waals surface area contributed by atoms with Gasteiger partial charge in [0.1, 0.15) is 11.5 Å². The maximum absolute atomic E-state index is 13.5. The van der Waals surface area contributed by atoms with E-state index in [9.17, 15) is 4.79 Å². The van der Waals surface area contributed by atoms with Gasteiger partial charge < -0.3 is 14.1 Å². The Morgan fingerprint density at radius 1 is 1.16 bits per heavy atom. The number of hydrogen-bond donors (Lipinski definition) is 0. The fourth-order valence-corrected chi connectivity index (χ4v) is 4.25. The van der Waals surface area contributed by atoms with Crippen molar-refractivity contribution < 1.29 is 13.9 Å². The molecule has 0 spiro atoms. The number of benzene rings is 2. The minimum atomic E-state index is -0.0135. The number of amides is 1. The molecule has 1 amide bonds. The second kappa shape index (κ2) is 10.2. The number of likely N-dealkylation sites (tertiary alicyclic amines) is 1. The Labute approximate surface area is 188 Å². The Morgan fingerprint density at radius 2 is 1.97 bits per heavy atom. The van der Waals surface area contributed by atoms with Gasteiger partial charge in [0.25, 0.3) is 5.91 Å². The third-order valence-electron chi connectivity index (χ3n) is 5.94. The molecule has 1 aliphatic heterocycles. The first-order valence-electron chi connectivity index (χ1n) is 10.8.